The summed E-state index contributed by atoms with van der Waals surface area (Å²) in [7, 11) is 0. The quantitative estimate of drug-likeness (QED) is 0.345. The molecule has 34 heavy (non-hydrogen) atoms. The number of hydrogen-bond acceptors (Lipinski definition) is 1. The second kappa shape index (κ2) is 10.5. The maximum atomic E-state index is 5.80. The van der Waals surface area contributed by atoms with Gasteiger partial charge in [0.05, 0.1) is 0 Å². The summed E-state index contributed by atoms with van der Waals surface area (Å²) < 4.78 is 0. The number of hydrogen-bond donors (Lipinski definition) is 0. The van der Waals surface area contributed by atoms with E-state index in [0.29, 0.717) is 17.8 Å². The molecular weight excluding hydrogens is 410 g/mol. The molecule has 0 aromatic heterocycles. The molecule has 6 aliphatic rings. The van der Waals surface area contributed by atoms with Crippen LogP contribution in [0.15, 0.2) is 63.9 Å². The Kier molecular flexibility index (Phi) is 7.08. The second-order valence-corrected chi connectivity index (χ2v) is 12.1. The number of aliphatic imine (C=N–C) groups is 1. The van der Waals surface area contributed by atoms with Gasteiger partial charge in [-0.3, -0.25) is 4.99 Å². The lowest BCUT2D eigenvalue weighted by Gasteiger charge is -2.47. The third-order valence-corrected chi connectivity index (χ3v) is 10.1. The van der Waals surface area contributed by atoms with Crippen molar-refractivity contribution < 1.29 is 0 Å². The summed E-state index contributed by atoms with van der Waals surface area (Å²) in [6.07, 6.45) is 37.9. The minimum atomic E-state index is 0.653. The molecule has 1 heterocycles. The smallest absolute Gasteiger partial charge is 0.0481 e. The predicted octanol–water partition coefficient (Wildman–Crippen LogP) is 9.44. The van der Waals surface area contributed by atoms with E-state index < -0.39 is 0 Å². The van der Waals surface area contributed by atoms with Crippen molar-refractivity contribution in [1.29, 1.82) is 0 Å². The van der Waals surface area contributed by atoms with Crippen LogP contribution < -0.4 is 0 Å². The molecule has 0 N–H and O–H groups in total. The van der Waals surface area contributed by atoms with Gasteiger partial charge in [-0.1, -0.05) is 101 Å². The fourth-order valence-electron chi connectivity index (χ4n) is 8.55. The molecule has 0 spiro atoms. The first-order chi connectivity index (χ1) is 16.9. The number of fused-ring (bicyclic) bond motifs is 6. The largest absolute Gasteiger partial charge is 0.261 e. The van der Waals surface area contributed by atoms with E-state index in [4.69, 9.17) is 4.99 Å². The van der Waals surface area contributed by atoms with Crippen LogP contribution in [0.3, 0.4) is 0 Å². The van der Waals surface area contributed by atoms with Crippen LogP contribution in [0.4, 0.5) is 0 Å². The van der Waals surface area contributed by atoms with Crippen molar-refractivity contribution in [3.8, 4) is 0 Å². The molecule has 1 aliphatic heterocycles. The van der Waals surface area contributed by atoms with E-state index in [1.54, 1.807) is 28.1 Å². The van der Waals surface area contributed by atoms with Crippen LogP contribution in [0.5, 0.6) is 0 Å². The monoisotopic (exact) mass is 455 g/mol. The first-order valence-corrected chi connectivity index (χ1v) is 15.0. The summed E-state index contributed by atoms with van der Waals surface area (Å²) in [5, 5.41) is 0. The van der Waals surface area contributed by atoms with E-state index in [2.05, 4.69) is 36.5 Å². The van der Waals surface area contributed by atoms with Crippen LogP contribution in [0.1, 0.15) is 109 Å². The van der Waals surface area contributed by atoms with Crippen LogP contribution in [0.2, 0.25) is 0 Å². The van der Waals surface area contributed by atoms with Crippen LogP contribution in [-0.4, -0.2) is 5.71 Å². The van der Waals surface area contributed by atoms with Gasteiger partial charge >= 0.3 is 0 Å². The van der Waals surface area contributed by atoms with E-state index in [0.717, 1.165) is 11.8 Å². The molecular formula is C33H45N. The highest BCUT2D eigenvalue weighted by molar-refractivity contribution is 5.90. The first-order valence-electron chi connectivity index (χ1n) is 15.0. The molecule has 5 atom stereocenters. The number of allylic oxidation sites excluding steroid dienone is 10. The Bertz CT molecular complexity index is 938. The van der Waals surface area contributed by atoms with Gasteiger partial charge in [-0.05, 0) is 79.4 Å². The van der Waals surface area contributed by atoms with Crippen LogP contribution in [0.25, 0.3) is 0 Å². The highest BCUT2D eigenvalue weighted by atomic mass is 14.8. The summed E-state index contributed by atoms with van der Waals surface area (Å²) in [5.74, 6) is 3.61. The zero-order chi connectivity index (χ0) is 22.7. The van der Waals surface area contributed by atoms with Crippen molar-refractivity contribution in [1.82, 2.24) is 0 Å². The Balaban J connectivity index is 1.53. The Morgan fingerprint density at radius 3 is 1.94 bits per heavy atom. The molecule has 5 unspecified atom stereocenters. The van der Waals surface area contributed by atoms with Gasteiger partial charge in [0.2, 0.25) is 0 Å². The summed E-state index contributed by atoms with van der Waals surface area (Å²) >= 11 is 0. The second-order valence-electron chi connectivity index (χ2n) is 12.1. The molecule has 0 saturated heterocycles. The van der Waals surface area contributed by atoms with Crippen LogP contribution >= 0.6 is 0 Å². The third kappa shape index (κ3) is 4.38. The molecule has 1 heteroatoms. The number of rotatable bonds is 0. The lowest BCUT2D eigenvalue weighted by atomic mass is 9.59. The molecule has 6 rings (SSSR count). The maximum Gasteiger partial charge on any atom is 0.0481 e. The van der Waals surface area contributed by atoms with Gasteiger partial charge in [0, 0.05) is 23.2 Å². The van der Waals surface area contributed by atoms with E-state index in [1.165, 1.54) is 109 Å². The lowest BCUT2D eigenvalue weighted by Crippen LogP contribution is -2.40. The highest BCUT2D eigenvalue weighted by Crippen LogP contribution is 2.56. The molecule has 0 aromatic rings. The minimum absolute atomic E-state index is 0.653. The summed E-state index contributed by atoms with van der Waals surface area (Å²) in [6.45, 7) is 0. The lowest BCUT2D eigenvalue weighted by molar-refractivity contribution is 0.253. The van der Waals surface area contributed by atoms with Gasteiger partial charge in [-0.2, -0.15) is 0 Å². The Morgan fingerprint density at radius 1 is 0.559 bits per heavy atom. The third-order valence-electron chi connectivity index (χ3n) is 10.1. The zero-order valence-corrected chi connectivity index (χ0v) is 21.3. The summed E-state index contributed by atoms with van der Waals surface area (Å²) in [4.78, 5) is 5.80. The van der Waals surface area contributed by atoms with Crippen molar-refractivity contribution in [2.24, 2.45) is 34.6 Å². The fraction of sp³-hybridized carbons (Fsp3) is 0.667. The maximum absolute atomic E-state index is 5.80. The first kappa shape index (κ1) is 22.8. The Morgan fingerprint density at radius 2 is 1.18 bits per heavy atom. The topological polar surface area (TPSA) is 12.4 Å². The van der Waals surface area contributed by atoms with Crippen molar-refractivity contribution in [3.63, 3.8) is 0 Å². The normalized spacial score (nSPS) is 41.4. The summed E-state index contributed by atoms with van der Waals surface area (Å²) in [6, 6.07) is 0. The van der Waals surface area contributed by atoms with Gasteiger partial charge in [-0.15, -0.1) is 0 Å². The molecule has 182 valence electrons. The molecule has 3 fully saturated rings. The average Bonchev–Trinajstić information content (AvgIpc) is 2.89. The van der Waals surface area contributed by atoms with Crippen LogP contribution in [0, 0.1) is 29.6 Å². The van der Waals surface area contributed by atoms with Gasteiger partial charge in [0.1, 0.15) is 0 Å². The molecule has 5 aliphatic carbocycles. The van der Waals surface area contributed by atoms with E-state index >= 15 is 0 Å². The Hall–Kier alpha value is -1.63. The van der Waals surface area contributed by atoms with Crippen molar-refractivity contribution in [3.05, 3.63) is 58.9 Å². The molecule has 1 nitrogen and oxygen atoms in total. The average molecular weight is 456 g/mol. The summed E-state index contributed by atoms with van der Waals surface area (Å²) in [5.41, 5.74) is 8.18. The standard InChI is InChI=1S/C33H45N/c1-2-14-22-29-31-24(16-8-1)17-9-7-15-23-30(31)34-33-28-21-13-6-4-11-19-26(28)25-18-10-3-5-12-20-27(25)32(29)33/h3,5,10,12,18,20,24,26,28-29,31H,1-2,4,6-9,11,13-17,19,21-23H2/b5-3?,10-3-,12-5-,18-10?,20-12?,25-18-,27-20+. The molecule has 3 saturated carbocycles. The van der Waals surface area contributed by atoms with Gasteiger partial charge in [0.15, 0.2) is 0 Å². The molecule has 0 radical (unpaired) electrons. The van der Waals surface area contributed by atoms with Gasteiger partial charge in [0.25, 0.3) is 0 Å². The van der Waals surface area contributed by atoms with Crippen LogP contribution in [-0.2, 0) is 0 Å². The van der Waals surface area contributed by atoms with Crippen molar-refractivity contribution in [2.75, 3.05) is 0 Å². The van der Waals surface area contributed by atoms with Crippen molar-refractivity contribution >= 4 is 5.71 Å². The van der Waals surface area contributed by atoms with E-state index in [9.17, 15) is 0 Å². The molecule has 0 aromatic carbocycles. The van der Waals surface area contributed by atoms with Crippen molar-refractivity contribution in [2.45, 2.75) is 109 Å². The number of nitrogens with zero attached hydrogens (tertiary/aromatic N) is 1. The van der Waals surface area contributed by atoms with E-state index in [1.807, 2.05) is 0 Å². The molecule has 0 bridgehead atoms. The Labute approximate surface area is 208 Å². The highest BCUT2D eigenvalue weighted by Gasteiger charge is 2.46. The zero-order valence-electron chi connectivity index (χ0n) is 21.3. The SMILES string of the molecule is C1=C\C=C2/C(=C\C=C/1)C1=C(N=C3CCCCCC4CCCCCCC1C34)C1CCCCCCC21. The van der Waals surface area contributed by atoms with Gasteiger partial charge < -0.3 is 0 Å². The fourth-order valence-corrected chi connectivity index (χ4v) is 8.55. The minimum Gasteiger partial charge on any atom is -0.261 e. The van der Waals surface area contributed by atoms with Gasteiger partial charge in [-0.25, -0.2) is 0 Å². The molecule has 0 amide bonds. The van der Waals surface area contributed by atoms with E-state index in [-0.39, 0.29) is 0 Å². The predicted molar refractivity (Wildman–Crippen MR) is 145 cm³/mol.